The molecule has 2 amide bonds. The maximum absolute atomic E-state index is 13.2. The summed E-state index contributed by atoms with van der Waals surface area (Å²) in [5, 5.41) is 3.51. The van der Waals surface area contributed by atoms with Gasteiger partial charge in [0.25, 0.3) is 5.91 Å². The summed E-state index contributed by atoms with van der Waals surface area (Å²) in [6, 6.07) is 14.9. The number of carbonyl (C=O) groups excluding carboxylic acids is 2. The first-order chi connectivity index (χ1) is 14.4. The highest BCUT2D eigenvalue weighted by molar-refractivity contribution is 8.04. The van der Waals surface area contributed by atoms with Gasteiger partial charge >= 0.3 is 0 Å². The van der Waals surface area contributed by atoms with E-state index in [0.29, 0.717) is 23.1 Å². The molecule has 0 spiro atoms. The number of benzene rings is 2. The maximum atomic E-state index is 13.2. The number of thioether (sulfide) groups is 1. The molecule has 7 heteroatoms. The highest BCUT2D eigenvalue weighted by atomic mass is 35.5. The number of carbonyl (C=O) groups is 2. The summed E-state index contributed by atoms with van der Waals surface area (Å²) in [5.74, 6) is -0.382. The minimum atomic E-state index is -0.194. The molecule has 3 rings (SSSR count). The summed E-state index contributed by atoms with van der Waals surface area (Å²) < 4.78 is 5.48. The van der Waals surface area contributed by atoms with Gasteiger partial charge in [0.05, 0.1) is 16.7 Å². The van der Waals surface area contributed by atoms with Gasteiger partial charge < -0.3 is 10.1 Å². The molecule has 2 aromatic rings. The maximum Gasteiger partial charge on any atom is 0.265 e. The van der Waals surface area contributed by atoms with E-state index in [4.69, 9.17) is 16.3 Å². The minimum absolute atomic E-state index is 0.0284. The Morgan fingerprint density at radius 2 is 1.93 bits per heavy atom. The van der Waals surface area contributed by atoms with Crippen LogP contribution in [0.15, 0.2) is 58.3 Å². The van der Waals surface area contributed by atoms with Crippen LogP contribution in [-0.4, -0.2) is 37.6 Å². The fourth-order valence-corrected chi connectivity index (χ4v) is 4.13. The van der Waals surface area contributed by atoms with Crippen LogP contribution in [0, 0.1) is 0 Å². The minimum Gasteiger partial charge on any atom is -0.379 e. The van der Waals surface area contributed by atoms with Crippen molar-refractivity contribution in [2.75, 3.05) is 24.6 Å². The number of nitrogens with one attached hydrogen (secondary N) is 1. The average molecular weight is 445 g/mol. The van der Waals surface area contributed by atoms with Gasteiger partial charge in [0.2, 0.25) is 5.91 Å². The molecule has 0 aromatic heterocycles. The second-order valence-corrected chi connectivity index (χ2v) is 8.66. The lowest BCUT2D eigenvalue weighted by molar-refractivity contribution is -0.122. The zero-order chi connectivity index (χ0) is 21.5. The average Bonchev–Trinajstić information content (AvgIpc) is 2.72. The number of halogens is 1. The number of nitrogens with zero attached hydrogens (tertiary/aromatic N) is 1. The predicted molar refractivity (Wildman–Crippen MR) is 123 cm³/mol. The van der Waals surface area contributed by atoms with Crippen molar-refractivity contribution in [1.82, 2.24) is 5.32 Å². The zero-order valence-electron chi connectivity index (χ0n) is 17.1. The molecule has 158 valence electrons. The van der Waals surface area contributed by atoms with Gasteiger partial charge in [-0.1, -0.05) is 47.6 Å². The Balaban J connectivity index is 1.71. The summed E-state index contributed by atoms with van der Waals surface area (Å²) in [4.78, 5) is 28.7. The Morgan fingerprint density at radius 1 is 1.20 bits per heavy atom. The van der Waals surface area contributed by atoms with Crippen LogP contribution in [0.3, 0.4) is 0 Å². The van der Waals surface area contributed by atoms with Crippen molar-refractivity contribution in [3.63, 3.8) is 0 Å². The molecule has 0 atom stereocenters. The van der Waals surface area contributed by atoms with Crippen molar-refractivity contribution in [1.29, 1.82) is 0 Å². The Bertz CT molecular complexity index is 928. The Hall–Kier alpha value is -2.28. The van der Waals surface area contributed by atoms with Crippen LogP contribution in [-0.2, 0) is 14.3 Å². The number of rotatable bonds is 8. The van der Waals surface area contributed by atoms with Gasteiger partial charge in [-0.2, -0.15) is 0 Å². The van der Waals surface area contributed by atoms with E-state index in [0.717, 1.165) is 22.6 Å². The Morgan fingerprint density at radius 3 is 2.67 bits per heavy atom. The number of fused-ring (bicyclic) bond motifs is 1. The Labute approximate surface area is 186 Å². The first kappa shape index (κ1) is 22.4. The lowest BCUT2D eigenvalue weighted by Gasteiger charge is -2.29. The fraction of sp³-hybridized carbons (Fsp3) is 0.304. The lowest BCUT2D eigenvalue weighted by atomic mass is 10.2. The van der Waals surface area contributed by atoms with Crippen molar-refractivity contribution in [3.8, 4) is 0 Å². The number of anilines is 1. The second kappa shape index (κ2) is 10.7. The molecule has 1 N–H and O–H groups in total. The highest BCUT2D eigenvalue weighted by Gasteiger charge is 2.30. The van der Waals surface area contributed by atoms with Gasteiger partial charge in [-0.05, 0) is 56.2 Å². The van der Waals surface area contributed by atoms with Crippen molar-refractivity contribution < 1.29 is 14.3 Å². The van der Waals surface area contributed by atoms with Gasteiger partial charge in [0.15, 0.2) is 0 Å². The molecule has 5 nitrogen and oxygen atoms in total. The summed E-state index contributed by atoms with van der Waals surface area (Å²) in [6.07, 6.45) is 2.73. The molecule has 2 aromatic carbocycles. The second-order valence-electron chi connectivity index (χ2n) is 7.14. The van der Waals surface area contributed by atoms with Gasteiger partial charge in [-0.25, -0.2) is 0 Å². The third kappa shape index (κ3) is 6.11. The molecular formula is C23H25ClN2O3S. The topological polar surface area (TPSA) is 58.6 Å². The van der Waals surface area contributed by atoms with E-state index in [1.165, 1.54) is 16.7 Å². The van der Waals surface area contributed by atoms with Gasteiger partial charge in [0.1, 0.15) is 6.54 Å². The van der Waals surface area contributed by atoms with Crippen LogP contribution in [0.5, 0.6) is 0 Å². The van der Waals surface area contributed by atoms with Crippen molar-refractivity contribution >= 4 is 46.9 Å². The fourth-order valence-electron chi connectivity index (χ4n) is 2.95. The summed E-state index contributed by atoms with van der Waals surface area (Å²) in [6.45, 7) is 5.03. The lowest BCUT2D eigenvalue weighted by Crippen LogP contribution is -2.43. The smallest absolute Gasteiger partial charge is 0.265 e. The van der Waals surface area contributed by atoms with Crippen LogP contribution in [0.1, 0.15) is 25.8 Å². The van der Waals surface area contributed by atoms with Crippen LogP contribution in [0.25, 0.3) is 6.08 Å². The van der Waals surface area contributed by atoms with Crippen LogP contribution in [0.4, 0.5) is 5.69 Å². The molecular weight excluding hydrogens is 420 g/mol. The third-order valence-corrected chi connectivity index (χ3v) is 5.73. The highest BCUT2D eigenvalue weighted by Crippen LogP contribution is 2.41. The number of amides is 2. The van der Waals surface area contributed by atoms with Gasteiger partial charge in [-0.15, -0.1) is 0 Å². The molecule has 0 aliphatic carbocycles. The van der Waals surface area contributed by atoms with Crippen LogP contribution in [0.2, 0.25) is 5.02 Å². The molecule has 0 radical (unpaired) electrons. The van der Waals surface area contributed by atoms with E-state index in [1.807, 2.05) is 56.3 Å². The van der Waals surface area contributed by atoms with E-state index in [2.05, 4.69) is 5.32 Å². The molecule has 1 aliphatic heterocycles. The monoisotopic (exact) mass is 444 g/mol. The quantitative estimate of drug-likeness (QED) is 0.471. The van der Waals surface area contributed by atoms with E-state index in [1.54, 1.807) is 12.1 Å². The number of hydrogen-bond donors (Lipinski definition) is 1. The molecule has 0 bridgehead atoms. The molecule has 1 aliphatic rings. The molecule has 0 saturated heterocycles. The van der Waals surface area contributed by atoms with Crippen molar-refractivity contribution in [3.05, 3.63) is 64.0 Å². The van der Waals surface area contributed by atoms with Crippen LogP contribution >= 0.6 is 23.4 Å². The number of ether oxygens (including phenoxy) is 1. The van der Waals surface area contributed by atoms with E-state index >= 15 is 0 Å². The summed E-state index contributed by atoms with van der Waals surface area (Å²) in [7, 11) is 0. The first-order valence-electron chi connectivity index (χ1n) is 9.88. The molecule has 1 heterocycles. The summed E-state index contributed by atoms with van der Waals surface area (Å²) in [5.41, 5.74) is 1.63. The largest absolute Gasteiger partial charge is 0.379 e. The molecule has 0 unspecified atom stereocenters. The molecule has 0 fully saturated rings. The van der Waals surface area contributed by atoms with Crippen molar-refractivity contribution in [2.45, 2.75) is 31.3 Å². The standard InChI is InChI=1S/C23H25ClN2O3S/c1-16(2)29-13-5-12-25-22(27)15-26-19-6-3-4-7-20(19)30-21(23(26)28)14-17-8-10-18(24)11-9-17/h3-4,6-11,14,16H,5,12-13,15H2,1-2H3,(H,25,27)/b21-14+. The number of para-hydroxylation sites is 1. The Kier molecular flexibility index (Phi) is 7.96. The normalized spacial score (nSPS) is 14.9. The zero-order valence-corrected chi connectivity index (χ0v) is 18.6. The van der Waals surface area contributed by atoms with Gasteiger partial charge in [0, 0.05) is 23.1 Å². The number of hydrogen-bond acceptors (Lipinski definition) is 4. The third-order valence-electron chi connectivity index (χ3n) is 4.40. The van der Waals surface area contributed by atoms with E-state index in [-0.39, 0.29) is 24.5 Å². The SMILES string of the molecule is CC(C)OCCCNC(=O)CN1C(=O)/C(=C\c2ccc(Cl)cc2)Sc2ccccc21. The van der Waals surface area contributed by atoms with Crippen molar-refractivity contribution in [2.24, 2.45) is 0 Å². The predicted octanol–water partition coefficient (Wildman–Crippen LogP) is 4.75. The molecule has 30 heavy (non-hydrogen) atoms. The summed E-state index contributed by atoms with van der Waals surface area (Å²) >= 11 is 7.36. The van der Waals surface area contributed by atoms with Gasteiger partial charge in [-0.3, -0.25) is 14.5 Å². The molecule has 0 saturated carbocycles. The van der Waals surface area contributed by atoms with Crippen LogP contribution < -0.4 is 10.2 Å². The van der Waals surface area contributed by atoms with E-state index < -0.39 is 0 Å². The van der Waals surface area contributed by atoms with E-state index in [9.17, 15) is 9.59 Å². The first-order valence-corrected chi connectivity index (χ1v) is 11.1.